The molecule has 168 valence electrons. The number of nitrogens with two attached hydrogens (primary N) is 1. The van der Waals surface area contributed by atoms with Gasteiger partial charge in [0.25, 0.3) is 11.5 Å². The predicted octanol–water partition coefficient (Wildman–Crippen LogP) is 2.14. The lowest BCUT2D eigenvalue weighted by Gasteiger charge is -2.20. The highest BCUT2D eigenvalue weighted by Crippen LogP contribution is 2.24. The third-order valence-corrected chi connectivity index (χ3v) is 6.21. The molecule has 4 rings (SSSR count). The van der Waals surface area contributed by atoms with Crippen molar-refractivity contribution < 1.29 is 14.0 Å². The number of H-pyrrole nitrogens is 1. The Balaban J connectivity index is 1.50. The molecule has 0 spiro atoms. The molecule has 3 aromatic rings. The molecule has 32 heavy (non-hydrogen) atoms. The maximum atomic E-state index is 13.2. The Kier molecular flexibility index (Phi) is 6.18. The van der Waals surface area contributed by atoms with Gasteiger partial charge in [0.15, 0.2) is 17.1 Å². The molecule has 3 heterocycles. The first-order valence-corrected chi connectivity index (χ1v) is 10.8. The number of halogens is 1. The van der Waals surface area contributed by atoms with E-state index in [-0.39, 0.29) is 34.8 Å². The molecular weight excluding hydrogens is 413 g/mol. The van der Waals surface area contributed by atoms with Crippen LogP contribution in [0.1, 0.15) is 57.8 Å². The molecule has 1 aliphatic rings. The molecule has 1 aliphatic heterocycles. The molecule has 4 N–H and O–H groups in total. The van der Waals surface area contributed by atoms with E-state index in [2.05, 4.69) is 15.3 Å². The van der Waals surface area contributed by atoms with E-state index in [1.54, 1.807) is 6.92 Å². The number of aromatic amines is 1. The van der Waals surface area contributed by atoms with Crippen molar-refractivity contribution >= 4 is 17.3 Å². The number of aromatic nitrogens is 3. The van der Waals surface area contributed by atoms with Gasteiger partial charge in [0.05, 0.1) is 0 Å². The minimum absolute atomic E-state index is 0.0318. The topological polar surface area (TPSA) is 122 Å². The Morgan fingerprint density at radius 3 is 2.75 bits per heavy atom. The summed E-state index contributed by atoms with van der Waals surface area (Å²) in [6.07, 6.45) is 4.81. The van der Waals surface area contributed by atoms with E-state index < -0.39 is 5.91 Å². The number of imidazole rings is 1. The van der Waals surface area contributed by atoms with Crippen molar-refractivity contribution in [3.63, 3.8) is 0 Å². The summed E-state index contributed by atoms with van der Waals surface area (Å²) in [6, 6.07) is 5.77. The fraction of sp³-hybridized carbons (Fsp3) is 0.391. The maximum Gasteiger partial charge on any atom is 0.271 e. The average molecular weight is 439 g/mol. The van der Waals surface area contributed by atoms with Gasteiger partial charge in [-0.2, -0.15) is 0 Å². The zero-order valence-corrected chi connectivity index (χ0v) is 17.9. The van der Waals surface area contributed by atoms with E-state index >= 15 is 0 Å². The number of rotatable bonds is 6. The quantitative estimate of drug-likeness (QED) is 0.508. The van der Waals surface area contributed by atoms with Crippen molar-refractivity contribution in [1.82, 2.24) is 19.7 Å². The Hall–Kier alpha value is -3.33. The van der Waals surface area contributed by atoms with Crippen molar-refractivity contribution in [3.8, 4) is 0 Å². The first-order valence-electron chi connectivity index (χ1n) is 10.8. The van der Waals surface area contributed by atoms with Crippen LogP contribution in [0.4, 0.5) is 4.39 Å². The summed E-state index contributed by atoms with van der Waals surface area (Å²) in [5, 5.41) is 3.49. The number of fused-ring (bicyclic) bond motifs is 1. The van der Waals surface area contributed by atoms with Crippen molar-refractivity contribution in [2.24, 2.45) is 11.7 Å². The van der Waals surface area contributed by atoms with Crippen molar-refractivity contribution in [2.75, 3.05) is 6.54 Å². The molecule has 2 atom stereocenters. The number of carbonyl (C=O) groups excluding carboxylic acids is 2. The highest BCUT2D eigenvalue weighted by Gasteiger charge is 2.27. The van der Waals surface area contributed by atoms with Gasteiger partial charge in [-0.05, 0) is 69.8 Å². The van der Waals surface area contributed by atoms with Crippen LogP contribution in [0.5, 0.6) is 0 Å². The zero-order chi connectivity index (χ0) is 22.8. The second kappa shape index (κ2) is 9.04. The minimum atomic E-state index is -0.699. The SMILES string of the molecule is Cc1[nH]c2c(C(N)=O)ncn2c(=O)c1CCC1CC(C(=O)c2ccc(F)cc2)CCCN1. The zero-order valence-electron chi connectivity index (χ0n) is 17.9. The highest BCUT2D eigenvalue weighted by molar-refractivity contribution is 5.98. The first kappa shape index (κ1) is 21.9. The minimum Gasteiger partial charge on any atom is -0.364 e. The van der Waals surface area contributed by atoms with E-state index in [1.165, 1.54) is 35.0 Å². The van der Waals surface area contributed by atoms with Gasteiger partial charge in [-0.3, -0.25) is 18.8 Å². The van der Waals surface area contributed by atoms with Crippen molar-refractivity contribution in [3.05, 3.63) is 69.3 Å². The molecule has 8 nitrogen and oxygen atoms in total. The number of hydrogen-bond acceptors (Lipinski definition) is 5. The van der Waals surface area contributed by atoms with Gasteiger partial charge in [-0.15, -0.1) is 0 Å². The molecule has 9 heteroatoms. The van der Waals surface area contributed by atoms with Gasteiger partial charge in [-0.1, -0.05) is 0 Å². The lowest BCUT2D eigenvalue weighted by Crippen LogP contribution is -2.32. The molecule has 2 unspecified atom stereocenters. The third kappa shape index (κ3) is 4.34. The lowest BCUT2D eigenvalue weighted by molar-refractivity contribution is 0.0902. The lowest BCUT2D eigenvalue weighted by atomic mass is 9.87. The summed E-state index contributed by atoms with van der Waals surface area (Å²) in [5.74, 6) is -1.17. The van der Waals surface area contributed by atoms with Gasteiger partial charge in [0.2, 0.25) is 0 Å². The van der Waals surface area contributed by atoms with Gasteiger partial charge < -0.3 is 16.0 Å². The van der Waals surface area contributed by atoms with E-state index in [1.807, 2.05) is 0 Å². The first-order chi connectivity index (χ1) is 15.3. The van der Waals surface area contributed by atoms with Gasteiger partial charge in [0, 0.05) is 28.8 Å². The van der Waals surface area contributed by atoms with E-state index in [4.69, 9.17) is 5.73 Å². The molecule has 0 saturated carbocycles. The van der Waals surface area contributed by atoms with E-state index in [0.717, 1.165) is 19.4 Å². The van der Waals surface area contributed by atoms with Crippen LogP contribution >= 0.6 is 0 Å². The van der Waals surface area contributed by atoms with E-state index in [0.29, 0.717) is 41.7 Å². The Bertz CT molecular complexity index is 1210. The van der Waals surface area contributed by atoms with E-state index in [9.17, 15) is 18.8 Å². The van der Waals surface area contributed by atoms with Gasteiger partial charge in [0.1, 0.15) is 12.1 Å². The number of amides is 1. The number of carbonyl (C=O) groups is 2. The molecule has 1 saturated heterocycles. The molecule has 2 aromatic heterocycles. The normalized spacial score (nSPS) is 19.1. The fourth-order valence-electron chi connectivity index (χ4n) is 4.48. The van der Waals surface area contributed by atoms with Crippen LogP contribution in [0.3, 0.4) is 0 Å². The molecule has 1 fully saturated rings. The summed E-state index contributed by atoms with van der Waals surface area (Å²) in [7, 11) is 0. The van der Waals surface area contributed by atoms with Crippen LogP contribution in [-0.4, -0.2) is 38.6 Å². The molecule has 0 radical (unpaired) electrons. The third-order valence-electron chi connectivity index (χ3n) is 6.21. The molecular formula is C23H26FN5O3. The molecule has 0 aliphatic carbocycles. The Labute approximate surface area is 184 Å². The average Bonchev–Trinajstić information content (AvgIpc) is 3.04. The summed E-state index contributed by atoms with van der Waals surface area (Å²) < 4.78 is 14.5. The number of benzene rings is 1. The maximum absolute atomic E-state index is 13.2. The number of nitrogens with zero attached hydrogens (tertiary/aromatic N) is 2. The van der Waals surface area contributed by atoms with Crippen LogP contribution in [0, 0.1) is 18.7 Å². The van der Waals surface area contributed by atoms with Crippen LogP contribution in [0.2, 0.25) is 0 Å². The number of ketones is 1. The molecule has 0 bridgehead atoms. The number of Topliss-reactive ketones (excluding diaryl/α,β-unsaturated/α-hetero) is 1. The van der Waals surface area contributed by atoms with Gasteiger partial charge in [-0.25, -0.2) is 9.37 Å². The Morgan fingerprint density at radius 2 is 2.03 bits per heavy atom. The summed E-state index contributed by atoms with van der Waals surface area (Å²) in [5.41, 5.74) is 7.22. The number of aryl methyl sites for hydroxylation is 1. The second-order valence-corrected chi connectivity index (χ2v) is 8.35. The summed E-state index contributed by atoms with van der Waals surface area (Å²) in [6.45, 7) is 2.59. The van der Waals surface area contributed by atoms with Crippen molar-refractivity contribution in [2.45, 2.75) is 45.1 Å². The Morgan fingerprint density at radius 1 is 1.28 bits per heavy atom. The van der Waals surface area contributed by atoms with Crippen molar-refractivity contribution in [1.29, 1.82) is 0 Å². The number of hydrogen-bond donors (Lipinski definition) is 3. The number of nitrogens with one attached hydrogen (secondary N) is 2. The van der Waals surface area contributed by atoms with Gasteiger partial charge >= 0.3 is 0 Å². The second-order valence-electron chi connectivity index (χ2n) is 8.35. The summed E-state index contributed by atoms with van der Waals surface area (Å²) >= 11 is 0. The van der Waals surface area contributed by atoms with Crippen LogP contribution in [-0.2, 0) is 6.42 Å². The highest BCUT2D eigenvalue weighted by atomic mass is 19.1. The molecule has 1 aromatic carbocycles. The monoisotopic (exact) mass is 439 g/mol. The van der Waals surface area contributed by atoms with Crippen LogP contribution in [0.15, 0.2) is 35.4 Å². The smallest absolute Gasteiger partial charge is 0.271 e. The number of primary amides is 1. The predicted molar refractivity (Wildman–Crippen MR) is 117 cm³/mol. The summed E-state index contributed by atoms with van der Waals surface area (Å²) in [4.78, 5) is 44.4. The van der Waals surface area contributed by atoms with Crippen LogP contribution < -0.4 is 16.6 Å². The standard InChI is InChI=1S/C23H26FN5O3/c1-13-18(23(32)29-12-27-19(21(25)31)22(29)28-13)9-8-17-11-15(3-2-10-26-17)20(30)14-4-6-16(24)7-5-14/h4-7,12,15,17,26,28H,2-3,8-11H2,1H3,(H2,25,31). The fourth-order valence-corrected chi connectivity index (χ4v) is 4.48. The largest absolute Gasteiger partial charge is 0.364 e. The molecule has 1 amide bonds. The van der Waals surface area contributed by atoms with Crippen LogP contribution in [0.25, 0.3) is 5.65 Å².